The summed E-state index contributed by atoms with van der Waals surface area (Å²) in [6.07, 6.45) is 8.81. The Balaban J connectivity index is 1.80. The number of anilines is 1. The van der Waals surface area contributed by atoms with Crippen molar-refractivity contribution in [3.05, 3.63) is 94.7 Å². The van der Waals surface area contributed by atoms with E-state index >= 15 is 0 Å². The molecule has 0 aliphatic heterocycles. The number of hydrogen-bond acceptors (Lipinski definition) is 6. The normalized spacial score (nSPS) is 17.3. The second-order valence-corrected chi connectivity index (χ2v) is 7.34. The van der Waals surface area contributed by atoms with Gasteiger partial charge in [0, 0.05) is 29.2 Å². The molecule has 0 bridgehead atoms. The zero-order valence-electron chi connectivity index (χ0n) is 18.2. The van der Waals surface area contributed by atoms with Gasteiger partial charge >= 0.3 is 0 Å². The zero-order valence-corrected chi connectivity index (χ0v) is 18.2. The molecule has 1 aliphatic rings. The molecule has 0 saturated heterocycles. The van der Waals surface area contributed by atoms with Crippen LogP contribution in [-0.2, 0) is 5.54 Å². The fraction of sp³-hybridized carbons (Fsp3) is 0.167. The first-order valence-corrected chi connectivity index (χ1v) is 10.2. The molecule has 1 aliphatic carbocycles. The van der Waals surface area contributed by atoms with Crippen molar-refractivity contribution >= 4 is 11.4 Å². The maximum atomic E-state index is 12.2. The molecule has 0 spiro atoms. The molecule has 1 heterocycles. The van der Waals surface area contributed by atoms with Crippen molar-refractivity contribution in [3.63, 3.8) is 0 Å². The van der Waals surface area contributed by atoms with Gasteiger partial charge in [-0.1, -0.05) is 41.7 Å². The van der Waals surface area contributed by atoms with E-state index in [0.29, 0.717) is 34.0 Å². The first kappa shape index (κ1) is 21.8. The lowest BCUT2D eigenvalue weighted by Crippen LogP contribution is -2.33. The van der Waals surface area contributed by atoms with E-state index in [0.717, 1.165) is 5.69 Å². The fourth-order valence-electron chi connectivity index (χ4n) is 3.82. The maximum absolute atomic E-state index is 12.2. The average molecular weight is 445 g/mol. The molecule has 2 aromatic carbocycles. The molecule has 4 rings (SSSR count). The molecule has 3 aromatic rings. The van der Waals surface area contributed by atoms with Crippen molar-refractivity contribution in [3.8, 4) is 22.8 Å². The van der Waals surface area contributed by atoms with Crippen LogP contribution in [0.2, 0.25) is 0 Å². The summed E-state index contributed by atoms with van der Waals surface area (Å²) in [5.41, 5.74) is 4.31. The number of rotatable bonds is 8. The molecule has 1 unspecified atom stereocenters. The molecule has 33 heavy (non-hydrogen) atoms. The summed E-state index contributed by atoms with van der Waals surface area (Å²) < 4.78 is 11.1. The summed E-state index contributed by atoms with van der Waals surface area (Å²) in [6, 6.07) is 14.6. The third-order valence-corrected chi connectivity index (χ3v) is 5.45. The number of benzene rings is 2. The Labute approximate surface area is 190 Å². The number of aromatic amines is 1. The Morgan fingerprint density at radius 2 is 1.94 bits per heavy atom. The summed E-state index contributed by atoms with van der Waals surface area (Å²) >= 11 is 0. The SMILES string of the molecule is COc1cc(N=NNc2ccccc2)c(OC)c(-c2[nH]ccc2C2([N+](=O)[O-])C=CC=CC2)c1. The fourth-order valence-corrected chi connectivity index (χ4v) is 3.82. The van der Waals surface area contributed by atoms with E-state index in [9.17, 15) is 10.1 Å². The predicted octanol–water partition coefficient (Wildman–Crippen LogP) is 5.80. The number of nitrogens with one attached hydrogen (secondary N) is 2. The van der Waals surface area contributed by atoms with Crippen LogP contribution in [0.3, 0.4) is 0 Å². The lowest BCUT2D eigenvalue weighted by Gasteiger charge is -2.24. The third-order valence-electron chi connectivity index (χ3n) is 5.45. The van der Waals surface area contributed by atoms with Crippen molar-refractivity contribution in [2.75, 3.05) is 19.6 Å². The summed E-state index contributed by atoms with van der Waals surface area (Å²) in [6.45, 7) is 0. The van der Waals surface area contributed by atoms with Gasteiger partial charge in [0.1, 0.15) is 11.4 Å². The first-order valence-electron chi connectivity index (χ1n) is 10.2. The lowest BCUT2D eigenvalue weighted by atomic mass is 9.83. The molecule has 1 atom stereocenters. The summed E-state index contributed by atoms with van der Waals surface area (Å²) in [5.74, 6) is 0.918. The number of methoxy groups -OCH3 is 2. The Bertz CT molecular complexity index is 1230. The number of H-pyrrole nitrogens is 1. The molecule has 0 saturated carbocycles. The topological polar surface area (TPSA) is 114 Å². The molecule has 2 N–H and O–H groups in total. The highest BCUT2D eigenvalue weighted by atomic mass is 16.6. The predicted molar refractivity (Wildman–Crippen MR) is 125 cm³/mol. The number of aromatic nitrogens is 1. The maximum Gasteiger partial charge on any atom is 0.271 e. The number of para-hydroxylation sites is 1. The highest BCUT2D eigenvalue weighted by Crippen LogP contribution is 2.46. The van der Waals surface area contributed by atoms with Crippen LogP contribution in [0.1, 0.15) is 12.0 Å². The van der Waals surface area contributed by atoms with E-state index in [2.05, 4.69) is 20.7 Å². The van der Waals surface area contributed by atoms with Gasteiger partial charge in [0.15, 0.2) is 5.75 Å². The minimum Gasteiger partial charge on any atom is -0.497 e. The highest BCUT2D eigenvalue weighted by molar-refractivity contribution is 5.79. The van der Waals surface area contributed by atoms with Gasteiger partial charge in [0.25, 0.3) is 5.54 Å². The van der Waals surface area contributed by atoms with Crippen LogP contribution in [0.4, 0.5) is 11.4 Å². The molecule has 9 heteroatoms. The Hall–Kier alpha value is -4.40. The van der Waals surface area contributed by atoms with Crippen LogP contribution in [0.15, 0.2) is 89.4 Å². The zero-order chi connectivity index (χ0) is 23.3. The molecule has 0 radical (unpaired) electrons. The molecule has 0 fully saturated rings. The standard InChI is InChI=1S/C24H23N5O4/c1-32-18-15-19(22-20(11-14-25-22)24(29(30)31)12-7-4-8-13-24)23(33-2)21(16-18)27-28-26-17-9-5-3-6-10-17/h3-12,14-16,25H,13H2,1-2H3,(H,26,27). The van der Waals surface area contributed by atoms with E-state index in [-0.39, 0.29) is 11.3 Å². The average Bonchev–Trinajstić information content (AvgIpc) is 3.35. The van der Waals surface area contributed by atoms with Crippen LogP contribution in [-0.4, -0.2) is 24.1 Å². The molecule has 1 aromatic heterocycles. The second-order valence-electron chi connectivity index (χ2n) is 7.34. The monoisotopic (exact) mass is 445 g/mol. The summed E-state index contributed by atoms with van der Waals surface area (Å²) in [7, 11) is 3.06. The van der Waals surface area contributed by atoms with Gasteiger partial charge in [-0.2, -0.15) is 0 Å². The summed E-state index contributed by atoms with van der Waals surface area (Å²) in [5, 5.41) is 20.5. The van der Waals surface area contributed by atoms with Crippen LogP contribution in [0.25, 0.3) is 11.3 Å². The molecular formula is C24H23N5O4. The van der Waals surface area contributed by atoms with Gasteiger partial charge < -0.3 is 14.5 Å². The van der Waals surface area contributed by atoms with Crippen molar-refractivity contribution in [1.82, 2.24) is 4.98 Å². The van der Waals surface area contributed by atoms with Gasteiger partial charge in [-0.15, -0.1) is 5.11 Å². The van der Waals surface area contributed by atoms with Crippen molar-refractivity contribution in [2.24, 2.45) is 10.3 Å². The molecule has 9 nitrogen and oxygen atoms in total. The first-order chi connectivity index (χ1) is 16.1. The van der Waals surface area contributed by atoms with Gasteiger partial charge in [-0.05, 0) is 30.3 Å². The minimum absolute atomic E-state index is 0.237. The van der Waals surface area contributed by atoms with Gasteiger partial charge in [0.2, 0.25) is 0 Å². The van der Waals surface area contributed by atoms with Crippen LogP contribution in [0, 0.1) is 10.1 Å². The Morgan fingerprint density at radius 3 is 2.61 bits per heavy atom. The highest BCUT2D eigenvalue weighted by Gasteiger charge is 2.44. The van der Waals surface area contributed by atoms with Crippen molar-refractivity contribution < 1.29 is 14.4 Å². The molecule has 0 amide bonds. The van der Waals surface area contributed by atoms with Gasteiger partial charge in [-0.3, -0.25) is 15.5 Å². The van der Waals surface area contributed by atoms with Crippen molar-refractivity contribution in [1.29, 1.82) is 0 Å². The van der Waals surface area contributed by atoms with E-state index in [1.54, 1.807) is 48.7 Å². The summed E-state index contributed by atoms with van der Waals surface area (Å²) in [4.78, 5) is 15.1. The smallest absolute Gasteiger partial charge is 0.271 e. The molecular weight excluding hydrogens is 422 g/mol. The second kappa shape index (κ2) is 9.39. The molecule has 168 valence electrons. The largest absolute Gasteiger partial charge is 0.497 e. The number of nitrogens with zero attached hydrogens (tertiary/aromatic N) is 3. The number of hydrogen-bond donors (Lipinski definition) is 2. The van der Waals surface area contributed by atoms with Crippen molar-refractivity contribution in [2.45, 2.75) is 12.0 Å². The minimum atomic E-state index is -1.39. The number of allylic oxidation sites excluding steroid dienone is 2. The Kier molecular flexibility index (Phi) is 6.21. The van der Waals surface area contributed by atoms with E-state index in [4.69, 9.17) is 9.47 Å². The van der Waals surface area contributed by atoms with E-state index in [1.807, 2.05) is 30.3 Å². The van der Waals surface area contributed by atoms with Gasteiger partial charge in [0.05, 0.1) is 31.2 Å². The van der Waals surface area contributed by atoms with E-state index < -0.39 is 5.54 Å². The van der Waals surface area contributed by atoms with Crippen LogP contribution >= 0.6 is 0 Å². The van der Waals surface area contributed by atoms with Crippen LogP contribution in [0.5, 0.6) is 11.5 Å². The Morgan fingerprint density at radius 1 is 1.12 bits per heavy atom. The lowest BCUT2D eigenvalue weighted by molar-refractivity contribution is -0.563. The third kappa shape index (κ3) is 4.20. The van der Waals surface area contributed by atoms with Crippen LogP contribution < -0.4 is 14.9 Å². The van der Waals surface area contributed by atoms with E-state index in [1.165, 1.54) is 14.2 Å². The number of ether oxygens (including phenoxy) is 2. The van der Waals surface area contributed by atoms with Gasteiger partial charge in [-0.25, -0.2) is 0 Å². The number of nitro groups is 1. The quantitative estimate of drug-likeness (QED) is 0.258.